The summed E-state index contributed by atoms with van der Waals surface area (Å²) in [6, 6.07) is 0. The van der Waals surface area contributed by atoms with E-state index in [4.69, 9.17) is 0 Å². The molecule has 1 aromatic heterocycles. The summed E-state index contributed by atoms with van der Waals surface area (Å²) in [4.78, 5) is 14.6. The second kappa shape index (κ2) is 5.12. The molecule has 1 radical (unpaired) electrons. The Morgan fingerprint density at radius 3 is 3.08 bits per heavy atom. The Bertz CT molecular complexity index is 270. The summed E-state index contributed by atoms with van der Waals surface area (Å²) < 4.78 is 0. The van der Waals surface area contributed by atoms with Gasteiger partial charge in [0.1, 0.15) is 6.29 Å². The molecule has 0 saturated heterocycles. The molecule has 1 unspecified atom stereocenters. The lowest BCUT2D eigenvalue weighted by Gasteiger charge is -2.00. The van der Waals surface area contributed by atoms with Gasteiger partial charge < -0.3 is 4.79 Å². The second-order valence-corrected chi connectivity index (χ2v) is 4.11. The maximum atomic E-state index is 10.3. The molecule has 0 saturated carbocycles. The third-order valence-corrected chi connectivity index (χ3v) is 2.85. The van der Waals surface area contributed by atoms with Crippen LogP contribution in [0.4, 0.5) is 0 Å². The average molecular weight is 196 g/mol. The first-order valence-electron chi connectivity index (χ1n) is 4.41. The van der Waals surface area contributed by atoms with E-state index in [1.807, 2.05) is 6.92 Å². The van der Waals surface area contributed by atoms with E-state index >= 15 is 0 Å². The Balaban J connectivity index is 2.23. The Labute approximate surface area is 83.0 Å². The van der Waals surface area contributed by atoms with E-state index in [2.05, 4.69) is 17.3 Å². The van der Waals surface area contributed by atoms with Gasteiger partial charge in [-0.2, -0.15) is 0 Å². The Hall–Kier alpha value is -0.700. The monoisotopic (exact) mass is 196 g/mol. The molecule has 3 heteroatoms. The zero-order valence-electron chi connectivity index (χ0n) is 7.82. The molecule has 0 fully saturated rings. The SMILES string of the molecule is [CH2]C(C=O)CCCc1nc(C)cs1. The van der Waals surface area contributed by atoms with Crippen molar-refractivity contribution < 1.29 is 4.79 Å². The summed E-state index contributed by atoms with van der Waals surface area (Å²) in [5.41, 5.74) is 1.08. The van der Waals surface area contributed by atoms with Crippen molar-refractivity contribution in [2.45, 2.75) is 26.2 Å². The summed E-state index contributed by atoms with van der Waals surface area (Å²) in [7, 11) is 0. The predicted octanol–water partition coefficient (Wildman–Crippen LogP) is 2.42. The number of rotatable bonds is 5. The van der Waals surface area contributed by atoms with Crippen molar-refractivity contribution in [2.75, 3.05) is 0 Å². The predicted molar refractivity (Wildman–Crippen MR) is 54.7 cm³/mol. The third-order valence-electron chi connectivity index (χ3n) is 1.82. The van der Waals surface area contributed by atoms with Gasteiger partial charge in [0.2, 0.25) is 0 Å². The van der Waals surface area contributed by atoms with E-state index in [9.17, 15) is 4.79 Å². The second-order valence-electron chi connectivity index (χ2n) is 3.17. The fourth-order valence-electron chi connectivity index (χ4n) is 1.10. The van der Waals surface area contributed by atoms with Gasteiger partial charge in [-0.05, 0) is 33.1 Å². The van der Waals surface area contributed by atoms with Crippen LogP contribution in [0.2, 0.25) is 0 Å². The van der Waals surface area contributed by atoms with Gasteiger partial charge in [-0.25, -0.2) is 4.98 Å². The molecule has 1 atom stereocenters. The third kappa shape index (κ3) is 3.68. The molecule has 0 spiro atoms. The Morgan fingerprint density at radius 2 is 2.54 bits per heavy atom. The van der Waals surface area contributed by atoms with Gasteiger partial charge in [0.15, 0.2) is 0 Å². The van der Waals surface area contributed by atoms with Gasteiger partial charge in [-0.3, -0.25) is 0 Å². The van der Waals surface area contributed by atoms with Gasteiger partial charge in [0.25, 0.3) is 0 Å². The van der Waals surface area contributed by atoms with Crippen LogP contribution in [0.3, 0.4) is 0 Å². The Kier molecular flexibility index (Phi) is 4.09. The molecular formula is C10H14NOS. The molecule has 0 N–H and O–H groups in total. The molecule has 2 nitrogen and oxygen atoms in total. The summed E-state index contributed by atoms with van der Waals surface area (Å²) in [5, 5.41) is 3.21. The lowest BCUT2D eigenvalue weighted by molar-refractivity contribution is -0.110. The topological polar surface area (TPSA) is 30.0 Å². The molecule has 0 aliphatic heterocycles. The highest BCUT2D eigenvalue weighted by Gasteiger charge is 2.02. The number of aldehydes is 1. The van der Waals surface area contributed by atoms with Crippen LogP contribution >= 0.6 is 11.3 Å². The molecule has 0 amide bonds. The van der Waals surface area contributed by atoms with Crippen molar-refractivity contribution in [3.63, 3.8) is 0 Å². The van der Waals surface area contributed by atoms with E-state index in [1.54, 1.807) is 11.3 Å². The van der Waals surface area contributed by atoms with Crippen molar-refractivity contribution in [1.29, 1.82) is 0 Å². The van der Waals surface area contributed by atoms with Crippen LogP contribution in [0.15, 0.2) is 5.38 Å². The first kappa shape index (κ1) is 10.4. The van der Waals surface area contributed by atoms with Gasteiger partial charge in [-0.1, -0.05) is 0 Å². The van der Waals surface area contributed by atoms with Crippen molar-refractivity contribution in [1.82, 2.24) is 4.98 Å². The fourth-order valence-corrected chi connectivity index (χ4v) is 1.92. The molecule has 0 aliphatic rings. The molecule has 0 aliphatic carbocycles. The van der Waals surface area contributed by atoms with E-state index in [-0.39, 0.29) is 5.92 Å². The van der Waals surface area contributed by atoms with Crippen LogP contribution in [-0.4, -0.2) is 11.3 Å². The lowest BCUT2D eigenvalue weighted by atomic mass is 10.1. The van der Waals surface area contributed by atoms with Crippen molar-refractivity contribution >= 4 is 17.6 Å². The molecule has 71 valence electrons. The zero-order chi connectivity index (χ0) is 9.68. The smallest absolute Gasteiger partial charge is 0.123 e. The van der Waals surface area contributed by atoms with E-state index in [0.29, 0.717) is 0 Å². The van der Waals surface area contributed by atoms with Gasteiger partial charge in [0, 0.05) is 17.0 Å². The zero-order valence-corrected chi connectivity index (χ0v) is 8.64. The minimum absolute atomic E-state index is 0.0546. The normalized spacial score (nSPS) is 12.8. The standard InChI is InChI=1S/C10H14NOS/c1-8(6-12)4-3-5-10-11-9(2)7-13-10/h6-8H,1,3-5H2,2H3. The fraction of sp³-hybridized carbons (Fsp3) is 0.500. The number of aryl methyl sites for hydroxylation is 2. The molecule has 0 bridgehead atoms. The summed E-state index contributed by atoms with van der Waals surface area (Å²) in [6.07, 6.45) is 3.74. The minimum Gasteiger partial charge on any atom is -0.303 e. The van der Waals surface area contributed by atoms with Crippen LogP contribution in [0.1, 0.15) is 23.5 Å². The Morgan fingerprint density at radius 1 is 1.77 bits per heavy atom. The average Bonchev–Trinajstić information content (AvgIpc) is 2.51. The van der Waals surface area contributed by atoms with Gasteiger partial charge in [-0.15, -0.1) is 11.3 Å². The number of thiazole rings is 1. The van der Waals surface area contributed by atoms with E-state index in [1.165, 1.54) is 0 Å². The maximum Gasteiger partial charge on any atom is 0.123 e. The first-order valence-corrected chi connectivity index (χ1v) is 5.29. The van der Waals surface area contributed by atoms with E-state index < -0.39 is 0 Å². The van der Waals surface area contributed by atoms with Gasteiger partial charge >= 0.3 is 0 Å². The lowest BCUT2D eigenvalue weighted by Crippen LogP contribution is -1.96. The van der Waals surface area contributed by atoms with Crippen LogP contribution < -0.4 is 0 Å². The van der Waals surface area contributed by atoms with Crippen LogP contribution in [0.25, 0.3) is 0 Å². The van der Waals surface area contributed by atoms with Crippen molar-refractivity contribution in [3.8, 4) is 0 Å². The molecule has 1 rings (SSSR count). The summed E-state index contributed by atoms with van der Waals surface area (Å²) in [5.74, 6) is -0.0546. The quantitative estimate of drug-likeness (QED) is 0.677. The largest absolute Gasteiger partial charge is 0.303 e. The maximum absolute atomic E-state index is 10.3. The number of carbonyl (C=O) groups excluding carboxylic acids is 1. The molecule has 0 aromatic carbocycles. The highest BCUT2D eigenvalue weighted by Crippen LogP contribution is 2.13. The summed E-state index contributed by atoms with van der Waals surface area (Å²) in [6.45, 7) is 5.70. The molecule has 13 heavy (non-hydrogen) atoms. The van der Waals surface area contributed by atoms with Gasteiger partial charge in [0.05, 0.1) is 5.01 Å². The van der Waals surface area contributed by atoms with Crippen molar-refractivity contribution in [3.05, 3.63) is 23.0 Å². The van der Waals surface area contributed by atoms with Crippen LogP contribution in [-0.2, 0) is 11.2 Å². The highest BCUT2D eigenvalue weighted by molar-refractivity contribution is 7.09. The van der Waals surface area contributed by atoms with E-state index in [0.717, 1.165) is 36.3 Å². The number of nitrogens with zero attached hydrogens (tertiary/aromatic N) is 1. The number of hydrogen-bond acceptors (Lipinski definition) is 3. The number of aromatic nitrogens is 1. The molecule has 1 aromatic rings. The summed E-state index contributed by atoms with van der Waals surface area (Å²) >= 11 is 1.69. The van der Waals surface area contributed by atoms with Crippen LogP contribution in [0, 0.1) is 19.8 Å². The highest BCUT2D eigenvalue weighted by atomic mass is 32.1. The number of hydrogen-bond donors (Lipinski definition) is 0. The molecule has 1 heterocycles. The first-order chi connectivity index (χ1) is 6.22. The number of carbonyl (C=O) groups is 1. The minimum atomic E-state index is -0.0546. The molecular weight excluding hydrogens is 182 g/mol. The van der Waals surface area contributed by atoms with Crippen LogP contribution in [0.5, 0.6) is 0 Å². The van der Waals surface area contributed by atoms with Crippen molar-refractivity contribution in [2.24, 2.45) is 5.92 Å².